The van der Waals surface area contributed by atoms with E-state index in [1.54, 1.807) is 25.1 Å². The van der Waals surface area contributed by atoms with E-state index in [0.717, 1.165) is 5.56 Å². The average molecular weight is 425 g/mol. The molecule has 0 aromatic heterocycles. The average Bonchev–Trinajstić information content (AvgIpc) is 2.70. The van der Waals surface area contributed by atoms with Gasteiger partial charge in [0.05, 0.1) is 15.5 Å². The standard InChI is InChI=1S/C21H19N3O5S/c1-14-6-3-4-8-19(14)23-30(28,29)17-12-10-16(11-13-17)22-21(25)18-7-5-9-20(15(18)2)24(26)27/h3-13,23H,1-2H3,(H,22,25). The Morgan fingerprint density at radius 1 is 0.933 bits per heavy atom. The highest BCUT2D eigenvalue weighted by atomic mass is 32.2. The van der Waals surface area contributed by atoms with E-state index in [1.807, 2.05) is 6.07 Å². The van der Waals surface area contributed by atoms with Crippen LogP contribution in [0, 0.1) is 24.0 Å². The van der Waals surface area contributed by atoms with Crippen LogP contribution in [0.1, 0.15) is 21.5 Å². The lowest BCUT2D eigenvalue weighted by Crippen LogP contribution is -2.15. The van der Waals surface area contributed by atoms with Gasteiger partial charge in [0.1, 0.15) is 0 Å². The Labute approximate surface area is 173 Å². The fourth-order valence-electron chi connectivity index (χ4n) is 2.87. The van der Waals surface area contributed by atoms with Crippen LogP contribution < -0.4 is 10.0 Å². The van der Waals surface area contributed by atoms with Crippen molar-refractivity contribution in [2.75, 3.05) is 10.0 Å². The van der Waals surface area contributed by atoms with Gasteiger partial charge < -0.3 is 5.32 Å². The molecule has 0 saturated heterocycles. The summed E-state index contributed by atoms with van der Waals surface area (Å²) in [5, 5.41) is 13.7. The zero-order valence-corrected chi connectivity index (χ0v) is 17.1. The van der Waals surface area contributed by atoms with Crippen molar-refractivity contribution in [1.82, 2.24) is 0 Å². The van der Waals surface area contributed by atoms with Gasteiger partial charge >= 0.3 is 0 Å². The summed E-state index contributed by atoms with van der Waals surface area (Å²) in [6, 6.07) is 16.9. The zero-order chi connectivity index (χ0) is 21.9. The predicted molar refractivity (Wildman–Crippen MR) is 114 cm³/mol. The molecule has 30 heavy (non-hydrogen) atoms. The number of nitrogens with one attached hydrogen (secondary N) is 2. The molecule has 3 rings (SSSR count). The number of amides is 1. The van der Waals surface area contributed by atoms with Crippen LogP contribution in [0.4, 0.5) is 17.1 Å². The molecule has 154 valence electrons. The number of nitro benzene ring substituents is 1. The van der Waals surface area contributed by atoms with Gasteiger partial charge in [-0.3, -0.25) is 19.6 Å². The summed E-state index contributed by atoms with van der Waals surface area (Å²) in [6.45, 7) is 3.30. The lowest BCUT2D eigenvalue weighted by molar-refractivity contribution is -0.385. The molecule has 0 aliphatic rings. The first-order valence-electron chi connectivity index (χ1n) is 8.93. The van der Waals surface area contributed by atoms with Crippen molar-refractivity contribution in [2.45, 2.75) is 18.7 Å². The van der Waals surface area contributed by atoms with Crippen LogP contribution in [0.2, 0.25) is 0 Å². The Morgan fingerprint density at radius 2 is 1.60 bits per heavy atom. The number of benzene rings is 3. The molecule has 9 heteroatoms. The molecule has 3 aromatic rings. The van der Waals surface area contributed by atoms with Crippen LogP contribution in [0.3, 0.4) is 0 Å². The maximum atomic E-state index is 12.6. The Balaban J connectivity index is 1.78. The molecule has 0 fully saturated rings. The number of para-hydroxylation sites is 1. The van der Waals surface area contributed by atoms with Crippen LogP contribution in [-0.2, 0) is 10.0 Å². The van der Waals surface area contributed by atoms with Gasteiger partial charge in [0.15, 0.2) is 0 Å². The second-order valence-electron chi connectivity index (χ2n) is 6.61. The normalized spacial score (nSPS) is 11.0. The molecule has 1 amide bonds. The van der Waals surface area contributed by atoms with Crippen molar-refractivity contribution in [3.05, 3.63) is 93.5 Å². The van der Waals surface area contributed by atoms with Crippen LogP contribution >= 0.6 is 0 Å². The summed E-state index contributed by atoms with van der Waals surface area (Å²) < 4.78 is 27.7. The van der Waals surface area contributed by atoms with Crippen LogP contribution in [0.25, 0.3) is 0 Å². The van der Waals surface area contributed by atoms with Gasteiger partial charge in [0.2, 0.25) is 0 Å². The van der Waals surface area contributed by atoms with Crippen molar-refractivity contribution >= 4 is 33.0 Å². The molecule has 0 atom stereocenters. The first kappa shape index (κ1) is 21.0. The summed E-state index contributed by atoms with van der Waals surface area (Å²) in [7, 11) is -3.79. The topological polar surface area (TPSA) is 118 Å². The number of hydrogen-bond donors (Lipinski definition) is 2. The second-order valence-corrected chi connectivity index (χ2v) is 8.29. The highest BCUT2D eigenvalue weighted by molar-refractivity contribution is 7.92. The smallest absolute Gasteiger partial charge is 0.273 e. The lowest BCUT2D eigenvalue weighted by Gasteiger charge is -2.11. The van der Waals surface area contributed by atoms with E-state index in [9.17, 15) is 23.3 Å². The minimum absolute atomic E-state index is 0.0373. The Kier molecular flexibility index (Phi) is 5.84. The van der Waals surface area contributed by atoms with Gasteiger partial charge in [-0.15, -0.1) is 0 Å². The Hall–Kier alpha value is -3.72. The fraction of sp³-hybridized carbons (Fsp3) is 0.0952. The predicted octanol–water partition coefficient (Wildman–Crippen LogP) is 4.26. The monoisotopic (exact) mass is 425 g/mol. The Morgan fingerprint density at radius 3 is 2.23 bits per heavy atom. The maximum Gasteiger partial charge on any atom is 0.273 e. The van der Waals surface area contributed by atoms with Crippen molar-refractivity contribution in [3.8, 4) is 0 Å². The highest BCUT2D eigenvalue weighted by Gasteiger charge is 2.19. The first-order valence-corrected chi connectivity index (χ1v) is 10.4. The number of aryl methyl sites for hydroxylation is 1. The Bertz CT molecular complexity index is 1220. The van der Waals surface area contributed by atoms with Crippen molar-refractivity contribution in [2.24, 2.45) is 0 Å². The third kappa shape index (κ3) is 4.47. The van der Waals surface area contributed by atoms with Crippen molar-refractivity contribution in [1.29, 1.82) is 0 Å². The van der Waals surface area contributed by atoms with E-state index >= 15 is 0 Å². The highest BCUT2D eigenvalue weighted by Crippen LogP contribution is 2.23. The molecule has 0 radical (unpaired) electrons. The third-order valence-electron chi connectivity index (χ3n) is 4.56. The molecule has 0 unspecified atom stereocenters. The summed E-state index contributed by atoms with van der Waals surface area (Å²) in [5.74, 6) is -0.523. The van der Waals surface area contributed by atoms with Gasteiger partial charge in [-0.05, 0) is 55.8 Å². The minimum atomic E-state index is -3.79. The van der Waals surface area contributed by atoms with E-state index < -0.39 is 20.9 Å². The lowest BCUT2D eigenvalue weighted by atomic mass is 10.1. The van der Waals surface area contributed by atoms with E-state index in [1.165, 1.54) is 49.4 Å². The molecule has 0 bridgehead atoms. The number of rotatable bonds is 6. The minimum Gasteiger partial charge on any atom is -0.322 e. The maximum absolute atomic E-state index is 12.6. The summed E-state index contributed by atoms with van der Waals surface area (Å²) in [6.07, 6.45) is 0. The van der Waals surface area contributed by atoms with Crippen LogP contribution in [0.5, 0.6) is 0 Å². The number of anilines is 2. The van der Waals surface area contributed by atoms with E-state index in [2.05, 4.69) is 10.0 Å². The quantitative estimate of drug-likeness (QED) is 0.452. The molecule has 2 N–H and O–H groups in total. The van der Waals surface area contributed by atoms with Gasteiger partial charge in [-0.2, -0.15) is 0 Å². The number of carbonyl (C=O) groups excluding carboxylic acids is 1. The van der Waals surface area contributed by atoms with Gasteiger partial charge in [-0.25, -0.2) is 8.42 Å². The van der Waals surface area contributed by atoms with Gasteiger partial charge in [-0.1, -0.05) is 24.3 Å². The first-order chi connectivity index (χ1) is 14.2. The number of nitrogens with zero attached hydrogens (tertiary/aromatic N) is 1. The molecule has 0 aliphatic heterocycles. The summed E-state index contributed by atoms with van der Waals surface area (Å²) >= 11 is 0. The molecular formula is C21H19N3O5S. The van der Waals surface area contributed by atoms with Crippen LogP contribution in [0.15, 0.2) is 71.6 Å². The molecule has 0 saturated carbocycles. The molecule has 0 heterocycles. The number of carbonyl (C=O) groups is 1. The molecular weight excluding hydrogens is 406 g/mol. The van der Waals surface area contributed by atoms with Gasteiger partial charge in [0, 0.05) is 22.9 Å². The molecule has 0 aliphatic carbocycles. The SMILES string of the molecule is Cc1ccccc1NS(=O)(=O)c1ccc(NC(=O)c2cccc([N+](=O)[O-])c2C)cc1. The zero-order valence-electron chi connectivity index (χ0n) is 16.2. The summed E-state index contributed by atoms with van der Waals surface area (Å²) in [5.41, 5.74) is 1.91. The number of sulfonamides is 1. The molecule has 3 aromatic carbocycles. The van der Waals surface area contributed by atoms with Crippen LogP contribution in [-0.4, -0.2) is 19.2 Å². The number of nitro groups is 1. The molecule has 8 nitrogen and oxygen atoms in total. The molecule has 0 spiro atoms. The van der Waals surface area contributed by atoms with Crippen molar-refractivity contribution < 1.29 is 18.1 Å². The number of hydrogen-bond acceptors (Lipinski definition) is 5. The van der Waals surface area contributed by atoms with E-state index in [4.69, 9.17) is 0 Å². The van der Waals surface area contributed by atoms with E-state index in [0.29, 0.717) is 11.4 Å². The fourth-order valence-corrected chi connectivity index (χ4v) is 4.00. The van der Waals surface area contributed by atoms with Crippen molar-refractivity contribution in [3.63, 3.8) is 0 Å². The second kappa shape index (κ2) is 8.34. The largest absolute Gasteiger partial charge is 0.322 e. The van der Waals surface area contributed by atoms with Gasteiger partial charge in [0.25, 0.3) is 21.6 Å². The summed E-state index contributed by atoms with van der Waals surface area (Å²) in [4.78, 5) is 23.0. The third-order valence-corrected chi connectivity index (χ3v) is 5.94. The van der Waals surface area contributed by atoms with E-state index in [-0.39, 0.29) is 21.7 Å².